The van der Waals surface area contributed by atoms with E-state index in [0.717, 1.165) is 0 Å². The number of rotatable bonds is 3. The van der Waals surface area contributed by atoms with Gasteiger partial charge in [0.1, 0.15) is 5.82 Å². The van der Waals surface area contributed by atoms with Crippen LogP contribution in [0.15, 0.2) is 30.3 Å². The molecule has 0 saturated carbocycles. The van der Waals surface area contributed by atoms with E-state index in [1.165, 1.54) is 33.9 Å². The molecule has 0 unspecified atom stereocenters. The normalized spacial score (nSPS) is 10.6. The molecule has 0 atom stereocenters. The summed E-state index contributed by atoms with van der Waals surface area (Å²) in [7, 11) is 0. The zero-order chi connectivity index (χ0) is 14.0. The van der Waals surface area contributed by atoms with Crippen LogP contribution in [0.5, 0.6) is 0 Å². The summed E-state index contributed by atoms with van der Waals surface area (Å²) in [5, 5.41) is 3.19. The number of para-hydroxylation sites is 1. The van der Waals surface area contributed by atoms with E-state index >= 15 is 0 Å². The maximum Gasteiger partial charge on any atom is 0.146 e. The monoisotopic (exact) mass is 257 g/mol. The molecule has 0 fully saturated rings. The van der Waals surface area contributed by atoms with Gasteiger partial charge in [0, 0.05) is 6.54 Å². The summed E-state index contributed by atoms with van der Waals surface area (Å²) < 4.78 is 13.6. The first-order valence-electron chi connectivity index (χ1n) is 6.55. The van der Waals surface area contributed by atoms with Crippen molar-refractivity contribution < 1.29 is 4.39 Å². The molecule has 1 nitrogen and oxygen atoms in total. The highest BCUT2D eigenvalue weighted by Crippen LogP contribution is 2.23. The highest BCUT2D eigenvalue weighted by Gasteiger charge is 2.09. The molecule has 0 saturated heterocycles. The largest absolute Gasteiger partial charge is 0.379 e. The highest BCUT2D eigenvalue weighted by atomic mass is 19.1. The third kappa shape index (κ3) is 2.78. The Bertz CT molecular complexity index is 576. The Morgan fingerprint density at radius 1 is 0.947 bits per heavy atom. The molecular weight excluding hydrogens is 237 g/mol. The molecule has 0 bridgehead atoms. The minimum Gasteiger partial charge on any atom is -0.379 e. The molecular formula is C17H20FN. The van der Waals surface area contributed by atoms with Crippen molar-refractivity contribution in [3.8, 4) is 0 Å². The van der Waals surface area contributed by atoms with Crippen molar-refractivity contribution in [2.75, 3.05) is 5.32 Å². The van der Waals surface area contributed by atoms with E-state index in [0.29, 0.717) is 12.2 Å². The van der Waals surface area contributed by atoms with Crippen molar-refractivity contribution in [2.24, 2.45) is 0 Å². The van der Waals surface area contributed by atoms with Crippen molar-refractivity contribution in [3.63, 3.8) is 0 Å². The second-order valence-corrected chi connectivity index (χ2v) is 5.07. The van der Waals surface area contributed by atoms with Crippen LogP contribution in [0.3, 0.4) is 0 Å². The molecule has 1 N–H and O–H groups in total. The van der Waals surface area contributed by atoms with Crippen molar-refractivity contribution in [2.45, 2.75) is 34.2 Å². The molecule has 100 valence electrons. The Hall–Kier alpha value is -1.83. The Morgan fingerprint density at radius 2 is 1.53 bits per heavy atom. The van der Waals surface area contributed by atoms with Gasteiger partial charge < -0.3 is 5.32 Å². The summed E-state index contributed by atoms with van der Waals surface area (Å²) in [4.78, 5) is 0. The zero-order valence-corrected chi connectivity index (χ0v) is 12.0. The molecule has 2 aromatic rings. The van der Waals surface area contributed by atoms with Gasteiger partial charge in [-0.2, -0.15) is 0 Å². The average Bonchev–Trinajstić information content (AvgIpc) is 2.38. The van der Waals surface area contributed by atoms with Gasteiger partial charge in [-0.15, -0.1) is 0 Å². The first-order valence-corrected chi connectivity index (χ1v) is 6.55. The van der Waals surface area contributed by atoms with Gasteiger partial charge in [0.05, 0.1) is 5.69 Å². The first kappa shape index (κ1) is 13.6. The summed E-state index contributed by atoms with van der Waals surface area (Å²) in [5.41, 5.74) is 6.96. The Kier molecular flexibility index (Phi) is 3.89. The van der Waals surface area contributed by atoms with Crippen LogP contribution in [0.1, 0.15) is 27.8 Å². The lowest BCUT2D eigenvalue weighted by Gasteiger charge is -2.16. The van der Waals surface area contributed by atoms with Gasteiger partial charge in [-0.05, 0) is 67.6 Å². The summed E-state index contributed by atoms with van der Waals surface area (Å²) in [6, 6.07) is 8.99. The van der Waals surface area contributed by atoms with Gasteiger partial charge in [0.25, 0.3) is 0 Å². The fraction of sp³-hybridized carbons (Fsp3) is 0.294. The third-order valence-electron chi connectivity index (χ3n) is 3.85. The predicted octanol–water partition coefficient (Wildman–Crippen LogP) is 4.67. The van der Waals surface area contributed by atoms with Crippen molar-refractivity contribution in [3.05, 3.63) is 64.0 Å². The van der Waals surface area contributed by atoms with Gasteiger partial charge in [-0.3, -0.25) is 0 Å². The highest BCUT2D eigenvalue weighted by molar-refractivity contribution is 5.49. The SMILES string of the molecule is Cc1cc(C)c(C)c(CNc2ccccc2F)c1C. The first-order chi connectivity index (χ1) is 9.00. The summed E-state index contributed by atoms with van der Waals surface area (Å²) >= 11 is 0. The smallest absolute Gasteiger partial charge is 0.146 e. The number of hydrogen-bond donors (Lipinski definition) is 1. The molecule has 0 radical (unpaired) electrons. The number of benzene rings is 2. The maximum absolute atomic E-state index is 13.6. The second kappa shape index (κ2) is 5.43. The van der Waals surface area contributed by atoms with Crippen LogP contribution in [0.2, 0.25) is 0 Å². The standard InChI is InChI=1S/C17H20FN/c1-11-9-12(2)14(4)15(13(11)3)10-19-17-8-6-5-7-16(17)18/h5-9,19H,10H2,1-4H3. The molecule has 2 aromatic carbocycles. The van der Waals surface area contributed by atoms with Crippen LogP contribution in [0, 0.1) is 33.5 Å². The van der Waals surface area contributed by atoms with Gasteiger partial charge >= 0.3 is 0 Å². The van der Waals surface area contributed by atoms with E-state index in [4.69, 9.17) is 0 Å². The second-order valence-electron chi connectivity index (χ2n) is 5.07. The molecule has 0 aliphatic heterocycles. The van der Waals surface area contributed by atoms with E-state index in [9.17, 15) is 4.39 Å². The van der Waals surface area contributed by atoms with Gasteiger partial charge in [0.2, 0.25) is 0 Å². The minimum absolute atomic E-state index is 0.206. The number of aryl methyl sites for hydroxylation is 2. The van der Waals surface area contributed by atoms with E-state index in [2.05, 4.69) is 39.1 Å². The maximum atomic E-state index is 13.6. The van der Waals surface area contributed by atoms with Crippen LogP contribution >= 0.6 is 0 Å². The van der Waals surface area contributed by atoms with E-state index in [1.807, 2.05) is 6.07 Å². The third-order valence-corrected chi connectivity index (χ3v) is 3.85. The molecule has 0 aliphatic rings. The minimum atomic E-state index is -0.206. The Balaban J connectivity index is 2.28. The lowest BCUT2D eigenvalue weighted by Crippen LogP contribution is -2.07. The molecule has 0 aliphatic carbocycles. The number of hydrogen-bond acceptors (Lipinski definition) is 1. The topological polar surface area (TPSA) is 12.0 Å². The molecule has 0 aromatic heterocycles. The summed E-state index contributed by atoms with van der Waals surface area (Å²) in [6.07, 6.45) is 0. The zero-order valence-electron chi connectivity index (χ0n) is 12.0. The number of anilines is 1. The summed E-state index contributed by atoms with van der Waals surface area (Å²) in [6.45, 7) is 9.14. The van der Waals surface area contributed by atoms with E-state index < -0.39 is 0 Å². The Morgan fingerprint density at radius 3 is 2.11 bits per heavy atom. The fourth-order valence-corrected chi connectivity index (χ4v) is 2.35. The number of nitrogens with one attached hydrogen (secondary N) is 1. The van der Waals surface area contributed by atoms with Crippen LogP contribution < -0.4 is 5.32 Å². The van der Waals surface area contributed by atoms with Crippen molar-refractivity contribution in [1.82, 2.24) is 0 Å². The van der Waals surface area contributed by atoms with E-state index in [1.54, 1.807) is 12.1 Å². The molecule has 2 heteroatoms. The quantitative estimate of drug-likeness (QED) is 0.842. The van der Waals surface area contributed by atoms with E-state index in [-0.39, 0.29) is 5.82 Å². The molecule has 2 rings (SSSR count). The predicted molar refractivity (Wildman–Crippen MR) is 79.1 cm³/mol. The van der Waals surface area contributed by atoms with Crippen molar-refractivity contribution in [1.29, 1.82) is 0 Å². The lowest BCUT2D eigenvalue weighted by molar-refractivity contribution is 0.630. The number of halogens is 1. The average molecular weight is 257 g/mol. The van der Waals surface area contributed by atoms with Crippen LogP contribution in [-0.4, -0.2) is 0 Å². The van der Waals surface area contributed by atoms with Crippen molar-refractivity contribution >= 4 is 5.69 Å². The molecule has 0 amide bonds. The van der Waals surface area contributed by atoms with Crippen LogP contribution in [0.25, 0.3) is 0 Å². The molecule has 0 spiro atoms. The van der Waals surface area contributed by atoms with Crippen LogP contribution in [-0.2, 0) is 6.54 Å². The fourth-order valence-electron chi connectivity index (χ4n) is 2.35. The van der Waals surface area contributed by atoms with Gasteiger partial charge in [-0.1, -0.05) is 18.2 Å². The van der Waals surface area contributed by atoms with Crippen LogP contribution in [0.4, 0.5) is 10.1 Å². The summed E-state index contributed by atoms with van der Waals surface area (Å²) in [5.74, 6) is -0.206. The Labute approximate surface area is 114 Å². The lowest BCUT2D eigenvalue weighted by atomic mass is 9.94. The molecule has 19 heavy (non-hydrogen) atoms. The van der Waals surface area contributed by atoms with Gasteiger partial charge in [0.15, 0.2) is 0 Å². The molecule has 0 heterocycles. The van der Waals surface area contributed by atoms with Gasteiger partial charge in [-0.25, -0.2) is 4.39 Å².